The molecule has 0 bridgehead atoms. The Hall–Kier alpha value is -3.04. The van der Waals surface area contributed by atoms with Gasteiger partial charge < -0.3 is 29.0 Å². The van der Waals surface area contributed by atoms with E-state index in [1.54, 1.807) is 34.6 Å². The molecule has 30 heavy (non-hydrogen) atoms. The van der Waals surface area contributed by atoms with Crippen LogP contribution >= 0.6 is 0 Å². The van der Waals surface area contributed by atoms with Gasteiger partial charge in [0.2, 0.25) is 5.88 Å². The molecule has 0 spiro atoms. The highest BCUT2D eigenvalue weighted by Crippen LogP contribution is 2.37. The Balaban J connectivity index is 3.79. The summed E-state index contributed by atoms with van der Waals surface area (Å²) < 4.78 is 25.4. The van der Waals surface area contributed by atoms with Crippen molar-refractivity contribution in [3.63, 3.8) is 0 Å². The van der Waals surface area contributed by atoms with Gasteiger partial charge in [0.25, 0.3) is 0 Å². The Labute approximate surface area is 175 Å². The van der Waals surface area contributed by atoms with Crippen LogP contribution in [-0.2, 0) is 42.9 Å². The molecule has 0 amide bonds. The van der Waals surface area contributed by atoms with Crippen LogP contribution in [0.2, 0.25) is 0 Å². The summed E-state index contributed by atoms with van der Waals surface area (Å²) in [6.45, 7) is 8.58. The van der Waals surface area contributed by atoms with Crippen molar-refractivity contribution in [1.29, 1.82) is 0 Å². The molecule has 1 aliphatic heterocycles. The van der Waals surface area contributed by atoms with Crippen LogP contribution in [-0.4, -0.2) is 56.8 Å². The fourth-order valence-corrected chi connectivity index (χ4v) is 2.66. The van der Waals surface area contributed by atoms with Crippen molar-refractivity contribution in [1.82, 2.24) is 5.32 Å². The molecule has 0 saturated carbocycles. The number of hydrogen-bond donors (Lipinski definition) is 1. The first kappa shape index (κ1) is 25.0. The zero-order valence-electron chi connectivity index (χ0n) is 18.4. The van der Waals surface area contributed by atoms with Crippen LogP contribution in [0.4, 0.5) is 0 Å². The van der Waals surface area contributed by atoms with Gasteiger partial charge in [0, 0.05) is 5.54 Å². The molecule has 0 fully saturated rings. The van der Waals surface area contributed by atoms with Gasteiger partial charge in [-0.2, -0.15) is 0 Å². The maximum absolute atomic E-state index is 12.9. The predicted octanol–water partition coefficient (Wildman–Crippen LogP) is 1.35. The van der Waals surface area contributed by atoms with E-state index < -0.39 is 41.8 Å². The zero-order chi connectivity index (χ0) is 23.1. The van der Waals surface area contributed by atoms with E-state index >= 15 is 0 Å². The number of esters is 4. The highest BCUT2D eigenvalue weighted by Gasteiger charge is 2.46. The molecular formula is C20H29NO9. The SMILES string of the molecule is CCOC(=O)C1=C(NC(C)(C)C)OC(CC(=O)OC)=C(C(=O)OC)C1C(=O)OCC. The van der Waals surface area contributed by atoms with Gasteiger partial charge in [0.1, 0.15) is 23.7 Å². The van der Waals surface area contributed by atoms with Crippen molar-refractivity contribution in [3.05, 3.63) is 22.8 Å². The molecule has 1 unspecified atom stereocenters. The van der Waals surface area contributed by atoms with E-state index in [-0.39, 0.29) is 36.0 Å². The van der Waals surface area contributed by atoms with Crippen LogP contribution in [0.1, 0.15) is 41.0 Å². The number of hydrogen-bond acceptors (Lipinski definition) is 10. The molecule has 10 heteroatoms. The molecule has 1 atom stereocenters. The number of rotatable bonds is 8. The highest BCUT2D eigenvalue weighted by atomic mass is 16.6. The van der Waals surface area contributed by atoms with Gasteiger partial charge in [-0.25, -0.2) is 9.59 Å². The summed E-state index contributed by atoms with van der Waals surface area (Å²) in [6.07, 6.45) is -0.470. The largest absolute Gasteiger partial charge is 0.469 e. The Morgan fingerprint density at radius 1 is 0.933 bits per heavy atom. The minimum atomic E-state index is -1.52. The van der Waals surface area contributed by atoms with Crippen LogP contribution in [0, 0.1) is 5.92 Å². The van der Waals surface area contributed by atoms with E-state index in [1.165, 1.54) is 7.11 Å². The Kier molecular flexibility index (Phi) is 8.88. The lowest BCUT2D eigenvalue weighted by Gasteiger charge is -2.33. The Bertz CT molecular complexity index is 759. The summed E-state index contributed by atoms with van der Waals surface area (Å²) >= 11 is 0. The third-order valence-corrected chi connectivity index (χ3v) is 3.79. The quantitative estimate of drug-likeness (QED) is 0.448. The second kappa shape index (κ2) is 10.7. The molecule has 0 aromatic heterocycles. The van der Waals surface area contributed by atoms with E-state index in [9.17, 15) is 19.2 Å². The standard InChI is InChI=1S/C20H29NO9/c1-8-28-18(24)14-13(17(23)27-7)11(10-12(22)26-6)30-16(21-20(3,4)5)15(14)19(25)29-9-2/h14,21H,8-10H2,1-7H3. The summed E-state index contributed by atoms with van der Waals surface area (Å²) in [7, 11) is 2.27. The van der Waals surface area contributed by atoms with Crippen LogP contribution < -0.4 is 5.32 Å². The first-order valence-corrected chi connectivity index (χ1v) is 9.42. The molecule has 168 valence electrons. The molecule has 1 aliphatic rings. The molecule has 0 radical (unpaired) electrons. The minimum Gasteiger partial charge on any atom is -0.469 e. The average Bonchev–Trinajstić information content (AvgIpc) is 2.65. The lowest BCUT2D eigenvalue weighted by atomic mass is 9.87. The van der Waals surface area contributed by atoms with Crippen molar-refractivity contribution in [2.24, 2.45) is 5.92 Å². The van der Waals surface area contributed by atoms with Gasteiger partial charge in [-0.05, 0) is 34.6 Å². The Morgan fingerprint density at radius 3 is 2.00 bits per heavy atom. The maximum Gasteiger partial charge on any atom is 0.340 e. The number of nitrogens with one attached hydrogen (secondary N) is 1. The fourth-order valence-electron chi connectivity index (χ4n) is 2.66. The van der Waals surface area contributed by atoms with E-state index in [2.05, 4.69) is 10.1 Å². The smallest absolute Gasteiger partial charge is 0.340 e. The normalized spacial score (nSPS) is 16.4. The third kappa shape index (κ3) is 6.23. The van der Waals surface area contributed by atoms with E-state index in [4.69, 9.17) is 18.9 Å². The van der Waals surface area contributed by atoms with Crippen LogP contribution in [0.25, 0.3) is 0 Å². The second-order valence-electron chi connectivity index (χ2n) is 7.21. The first-order chi connectivity index (χ1) is 14.0. The lowest BCUT2D eigenvalue weighted by molar-refractivity contribution is -0.152. The predicted molar refractivity (Wildman–Crippen MR) is 103 cm³/mol. The van der Waals surface area contributed by atoms with Gasteiger partial charge in [0.15, 0.2) is 0 Å². The summed E-state index contributed by atoms with van der Waals surface area (Å²) in [5.74, 6) is -5.26. The van der Waals surface area contributed by atoms with Crippen molar-refractivity contribution < 1.29 is 42.9 Å². The van der Waals surface area contributed by atoms with Crippen molar-refractivity contribution in [3.8, 4) is 0 Å². The lowest BCUT2D eigenvalue weighted by Crippen LogP contribution is -2.43. The number of ether oxygens (including phenoxy) is 5. The fraction of sp³-hybridized carbons (Fsp3) is 0.600. The van der Waals surface area contributed by atoms with E-state index in [0.717, 1.165) is 7.11 Å². The molecule has 0 aromatic carbocycles. The molecular weight excluding hydrogens is 398 g/mol. The molecule has 0 aromatic rings. The molecule has 0 aliphatic carbocycles. The maximum atomic E-state index is 12.9. The topological polar surface area (TPSA) is 126 Å². The minimum absolute atomic E-state index is 0.00485. The molecule has 0 saturated heterocycles. The summed E-state index contributed by atoms with van der Waals surface area (Å²) in [4.78, 5) is 50.1. The second-order valence-corrected chi connectivity index (χ2v) is 7.21. The van der Waals surface area contributed by atoms with E-state index in [1.807, 2.05) is 0 Å². The van der Waals surface area contributed by atoms with Crippen LogP contribution in [0.15, 0.2) is 22.8 Å². The number of carbonyl (C=O) groups is 4. The number of methoxy groups -OCH3 is 2. The molecule has 10 nitrogen and oxygen atoms in total. The van der Waals surface area contributed by atoms with Gasteiger partial charge in [-0.3, -0.25) is 9.59 Å². The van der Waals surface area contributed by atoms with Gasteiger partial charge in [-0.1, -0.05) is 0 Å². The van der Waals surface area contributed by atoms with Crippen LogP contribution in [0.3, 0.4) is 0 Å². The Morgan fingerprint density at radius 2 is 1.53 bits per heavy atom. The van der Waals surface area contributed by atoms with Crippen molar-refractivity contribution in [2.45, 2.75) is 46.6 Å². The summed E-state index contributed by atoms with van der Waals surface area (Å²) in [5, 5.41) is 2.98. The van der Waals surface area contributed by atoms with Crippen molar-refractivity contribution in [2.75, 3.05) is 27.4 Å². The van der Waals surface area contributed by atoms with Gasteiger partial charge >= 0.3 is 23.9 Å². The average molecular weight is 427 g/mol. The summed E-state index contributed by atoms with van der Waals surface area (Å²) in [6, 6.07) is 0. The molecule has 1 heterocycles. The zero-order valence-corrected chi connectivity index (χ0v) is 18.4. The van der Waals surface area contributed by atoms with Crippen LogP contribution in [0.5, 0.6) is 0 Å². The highest BCUT2D eigenvalue weighted by molar-refractivity contribution is 6.05. The monoisotopic (exact) mass is 427 g/mol. The molecule has 1 rings (SSSR count). The number of carbonyl (C=O) groups excluding carboxylic acids is 4. The first-order valence-electron chi connectivity index (χ1n) is 9.42. The molecule has 1 N–H and O–H groups in total. The van der Waals surface area contributed by atoms with Gasteiger partial charge in [-0.15, -0.1) is 0 Å². The third-order valence-electron chi connectivity index (χ3n) is 3.79. The van der Waals surface area contributed by atoms with E-state index in [0.29, 0.717) is 0 Å². The van der Waals surface area contributed by atoms with Crippen molar-refractivity contribution >= 4 is 23.9 Å². The van der Waals surface area contributed by atoms with Gasteiger partial charge in [0.05, 0.1) is 33.0 Å². The summed E-state index contributed by atoms with van der Waals surface area (Å²) in [5.41, 5.74) is -1.19.